The van der Waals surface area contributed by atoms with Gasteiger partial charge in [-0.2, -0.15) is 4.99 Å². The molecule has 1 spiro atoms. The summed E-state index contributed by atoms with van der Waals surface area (Å²) in [5.74, 6) is -0.112. The summed E-state index contributed by atoms with van der Waals surface area (Å²) in [6, 6.07) is 4.88. The van der Waals surface area contributed by atoms with Crippen LogP contribution in [0.4, 0.5) is 20.6 Å². The van der Waals surface area contributed by atoms with E-state index in [0.717, 1.165) is 38.5 Å². The van der Waals surface area contributed by atoms with E-state index in [1.54, 1.807) is 11.0 Å². The molecule has 1 aliphatic carbocycles. The van der Waals surface area contributed by atoms with Gasteiger partial charge in [0.25, 0.3) is 0 Å². The van der Waals surface area contributed by atoms with Gasteiger partial charge < -0.3 is 26.4 Å². The van der Waals surface area contributed by atoms with Crippen LogP contribution in [0.3, 0.4) is 0 Å². The van der Waals surface area contributed by atoms with Crippen LogP contribution in [0.2, 0.25) is 0 Å². The zero-order valence-electron chi connectivity index (χ0n) is 19.6. The van der Waals surface area contributed by atoms with Crippen LogP contribution in [0.1, 0.15) is 59.3 Å². The topological polar surface area (TPSA) is 122 Å². The molecule has 1 aromatic rings. The standard InChI is InChI=1S/C23H34FN7O2/c1-22(2,3)33-21(32)27-15-10-13-30(14-15)17-9-7-8-16(24)18(17)31-20(26)28-19(25)29-23(31)11-5-4-6-12-23/h7-9,15H,4-6,10-14H2,1-3H3,(H,27,32)(H4,25,26,28,29). The summed E-state index contributed by atoms with van der Waals surface area (Å²) >= 11 is 0. The van der Waals surface area contributed by atoms with Crippen molar-refractivity contribution >= 4 is 29.4 Å². The summed E-state index contributed by atoms with van der Waals surface area (Å²) in [5.41, 5.74) is 12.1. The lowest BCUT2D eigenvalue weighted by atomic mass is 9.87. The number of rotatable bonds is 3. The van der Waals surface area contributed by atoms with Gasteiger partial charge in [0.2, 0.25) is 11.9 Å². The second-order valence-corrected chi connectivity index (χ2v) is 10.0. The van der Waals surface area contributed by atoms with Gasteiger partial charge in [-0.25, -0.2) is 14.2 Å². The second-order valence-electron chi connectivity index (χ2n) is 10.0. The largest absolute Gasteiger partial charge is 0.444 e. The highest BCUT2D eigenvalue weighted by Gasteiger charge is 2.45. The number of ether oxygens (including phenoxy) is 1. The number of nitrogens with zero attached hydrogens (tertiary/aromatic N) is 4. The summed E-state index contributed by atoms with van der Waals surface area (Å²) in [6.07, 6.45) is 4.71. The van der Waals surface area contributed by atoms with Crippen molar-refractivity contribution in [2.75, 3.05) is 22.9 Å². The zero-order chi connectivity index (χ0) is 23.8. The van der Waals surface area contributed by atoms with Crippen LogP contribution in [-0.4, -0.2) is 48.4 Å². The van der Waals surface area contributed by atoms with Crippen molar-refractivity contribution in [3.63, 3.8) is 0 Å². The van der Waals surface area contributed by atoms with E-state index in [2.05, 4.69) is 20.2 Å². The van der Waals surface area contributed by atoms with Crippen LogP contribution in [0.25, 0.3) is 0 Å². The Hall–Kier alpha value is -3.04. The van der Waals surface area contributed by atoms with Crippen LogP contribution in [0.15, 0.2) is 28.2 Å². The second kappa shape index (κ2) is 8.72. The molecule has 1 amide bonds. The van der Waals surface area contributed by atoms with Gasteiger partial charge in [-0.1, -0.05) is 12.5 Å². The molecule has 33 heavy (non-hydrogen) atoms. The fraction of sp³-hybridized carbons (Fsp3) is 0.609. The first-order chi connectivity index (χ1) is 15.6. The molecule has 0 bridgehead atoms. The molecule has 2 heterocycles. The van der Waals surface area contributed by atoms with Crippen LogP contribution < -0.4 is 26.6 Å². The predicted octanol–water partition coefficient (Wildman–Crippen LogP) is 3.04. The molecule has 1 saturated carbocycles. The number of hydrogen-bond acceptors (Lipinski definition) is 8. The fourth-order valence-electron chi connectivity index (χ4n) is 5.00. The van der Waals surface area contributed by atoms with Gasteiger partial charge in [-0.3, -0.25) is 4.90 Å². The van der Waals surface area contributed by atoms with Crippen molar-refractivity contribution in [2.24, 2.45) is 21.5 Å². The van der Waals surface area contributed by atoms with Gasteiger partial charge >= 0.3 is 6.09 Å². The van der Waals surface area contributed by atoms with E-state index in [1.165, 1.54) is 6.07 Å². The third-order valence-electron chi connectivity index (χ3n) is 6.29. The highest BCUT2D eigenvalue weighted by molar-refractivity contribution is 6.07. The summed E-state index contributed by atoms with van der Waals surface area (Å²) in [4.78, 5) is 24.9. The van der Waals surface area contributed by atoms with E-state index < -0.39 is 23.2 Å². The third kappa shape index (κ3) is 4.84. The van der Waals surface area contributed by atoms with Crippen molar-refractivity contribution in [1.82, 2.24) is 5.32 Å². The van der Waals surface area contributed by atoms with Crippen molar-refractivity contribution in [3.8, 4) is 0 Å². The van der Waals surface area contributed by atoms with Gasteiger partial charge in [0.05, 0.1) is 11.7 Å². The highest BCUT2D eigenvalue weighted by atomic mass is 19.1. The molecule has 1 saturated heterocycles. The van der Waals surface area contributed by atoms with Crippen molar-refractivity contribution in [1.29, 1.82) is 0 Å². The quantitative estimate of drug-likeness (QED) is 0.639. The maximum atomic E-state index is 15.4. The number of halogens is 1. The molecular weight excluding hydrogens is 425 g/mol. The smallest absolute Gasteiger partial charge is 0.407 e. The number of guanidine groups is 2. The molecule has 1 unspecified atom stereocenters. The molecule has 1 aromatic carbocycles. The van der Waals surface area contributed by atoms with Crippen LogP contribution in [0, 0.1) is 5.82 Å². The first-order valence-corrected chi connectivity index (χ1v) is 11.6. The summed E-state index contributed by atoms with van der Waals surface area (Å²) in [6.45, 7) is 6.66. The van der Waals surface area contributed by atoms with Gasteiger partial charge in [0.15, 0.2) is 0 Å². The summed E-state index contributed by atoms with van der Waals surface area (Å²) in [7, 11) is 0. The Morgan fingerprint density at radius 2 is 1.97 bits per heavy atom. The SMILES string of the molecule is CC(C)(C)OC(=O)NC1CCN(c2cccc(F)c2N2C(N)=NC(N)=NC23CCCCC3)C1. The number of carbonyl (C=O) groups is 1. The van der Waals surface area contributed by atoms with Crippen LogP contribution >= 0.6 is 0 Å². The lowest BCUT2D eigenvalue weighted by Crippen LogP contribution is -2.58. The average molecular weight is 460 g/mol. The molecule has 3 aliphatic rings. The number of carbonyl (C=O) groups excluding carboxylic acids is 1. The first kappa shape index (κ1) is 23.1. The third-order valence-corrected chi connectivity index (χ3v) is 6.29. The van der Waals surface area contributed by atoms with Crippen molar-refractivity contribution in [3.05, 3.63) is 24.0 Å². The molecule has 4 rings (SSSR count). The van der Waals surface area contributed by atoms with E-state index in [1.807, 2.05) is 26.8 Å². The number of alkyl carbamates (subject to hydrolysis) is 1. The normalized spacial score (nSPS) is 22.7. The number of nitrogens with one attached hydrogen (secondary N) is 1. The number of aliphatic imine (C=N–C) groups is 2. The summed E-state index contributed by atoms with van der Waals surface area (Å²) < 4.78 is 20.8. The van der Waals surface area contributed by atoms with E-state index in [0.29, 0.717) is 24.5 Å². The van der Waals surface area contributed by atoms with Crippen LogP contribution in [0.5, 0.6) is 0 Å². The molecule has 2 aliphatic heterocycles. The Morgan fingerprint density at radius 1 is 1.24 bits per heavy atom. The Labute approximate surface area is 194 Å². The van der Waals surface area contributed by atoms with Gasteiger partial charge in [0.1, 0.15) is 22.8 Å². The monoisotopic (exact) mass is 459 g/mol. The number of hydrogen-bond donors (Lipinski definition) is 3. The minimum absolute atomic E-state index is 0.111. The molecule has 9 nitrogen and oxygen atoms in total. The summed E-state index contributed by atoms with van der Waals surface area (Å²) in [5, 5.41) is 2.92. The van der Waals surface area contributed by atoms with E-state index in [-0.39, 0.29) is 18.0 Å². The molecule has 1 atom stereocenters. The lowest BCUT2D eigenvalue weighted by Gasteiger charge is -2.46. The van der Waals surface area contributed by atoms with Gasteiger partial charge in [0, 0.05) is 13.1 Å². The Morgan fingerprint density at radius 3 is 2.67 bits per heavy atom. The Balaban J connectivity index is 1.62. The first-order valence-electron chi connectivity index (χ1n) is 11.6. The van der Waals surface area contributed by atoms with Crippen LogP contribution in [-0.2, 0) is 4.74 Å². The van der Waals surface area contributed by atoms with Crippen molar-refractivity contribution in [2.45, 2.75) is 76.6 Å². The number of amides is 1. The molecule has 180 valence electrons. The molecular formula is C23H34FN7O2. The molecule has 2 fully saturated rings. The Kier molecular flexibility index (Phi) is 6.11. The van der Waals surface area contributed by atoms with E-state index >= 15 is 4.39 Å². The zero-order valence-corrected chi connectivity index (χ0v) is 19.6. The number of benzene rings is 1. The van der Waals surface area contributed by atoms with E-state index in [4.69, 9.17) is 16.2 Å². The minimum Gasteiger partial charge on any atom is -0.444 e. The fourth-order valence-corrected chi connectivity index (χ4v) is 5.00. The molecule has 0 radical (unpaired) electrons. The number of anilines is 2. The lowest BCUT2D eigenvalue weighted by molar-refractivity contribution is 0.0509. The highest BCUT2D eigenvalue weighted by Crippen LogP contribution is 2.44. The molecule has 10 heteroatoms. The average Bonchev–Trinajstić information content (AvgIpc) is 3.15. The van der Waals surface area contributed by atoms with Gasteiger partial charge in [-0.05, 0) is 65.0 Å². The maximum absolute atomic E-state index is 15.4. The van der Waals surface area contributed by atoms with Crippen molar-refractivity contribution < 1.29 is 13.9 Å². The number of para-hydroxylation sites is 1. The minimum atomic E-state index is -0.737. The molecule has 0 aromatic heterocycles. The number of nitrogens with two attached hydrogens (primary N) is 2. The Bertz CT molecular complexity index is 966. The maximum Gasteiger partial charge on any atom is 0.407 e. The predicted molar refractivity (Wildman–Crippen MR) is 128 cm³/mol. The van der Waals surface area contributed by atoms with E-state index in [9.17, 15) is 4.79 Å². The molecule has 5 N–H and O–H groups in total. The van der Waals surface area contributed by atoms with Gasteiger partial charge in [-0.15, -0.1) is 0 Å².